The molecule has 0 saturated heterocycles. The van der Waals surface area contributed by atoms with E-state index in [1.54, 1.807) is 22.3 Å². The van der Waals surface area contributed by atoms with Crippen LogP contribution in [0.5, 0.6) is 0 Å². The van der Waals surface area contributed by atoms with Crippen molar-refractivity contribution in [2.24, 2.45) is 7.05 Å². The smallest absolute Gasteiger partial charge is 0.154 e. The molecule has 3 aromatic heterocycles. The Hall–Kier alpha value is -2.01. The van der Waals surface area contributed by atoms with Crippen molar-refractivity contribution in [3.05, 3.63) is 35.9 Å². The SMILES string of the molecule is Cn1nc(-c2ccco2)c(-c2cccs2)c1N. The van der Waals surface area contributed by atoms with Crippen molar-refractivity contribution < 1.29 is 4.42 Å². The summed E-state index contributed by atoms with van der Waals surface area (Å²) in [7, 11) is 1.83. The van der Waals surface area contributed by atoms with E-state index in [9.17, 15) is 0 Å². The molecule has 0 saturated carbocycles. The molecular formula is C12H11N3OS. The van der Waals surface area contributed by atoms with Crippen molar-refractivity contribution in [3.63, 3.8) is 0 Å². The topological polar surface area (TPSA) is 57.0 Å². The standard InChI is InChI=1S/C12H11N3OS/c1-15-12(13)10(9-5-3-7-17-9)11(14-15)8-4-2-6-16-8/h2-7H,13H2,1H3. The Bertz CT molecular complexity index is 623. The van der Waals surface area contributed by atoms with Crippen LogP contribution in [0.25, 0.3) is 21.9 Å². The van der Waals surface area contributed by atoms with Crippen LogP contribution >= 0.6 is 11.3 Å². The molecule has 0 aliphatic heterocycles. The third-order valence-electron chi connectivity index (χ3n) is 2.61. The summed E-state index contributed by atoms with van der Waals surface area (Å²) in [4.78, 5) is 1.10. The van der Waals surface area contributed by atoms with Gasteiger partial charge in [-0.15, -0.1) is 11.3 Å². The number of aromatic nitrogens is 2. The van der Waals surface area contributed by atoms with Crippen LogP contribution in [-0.4, -0.2) is 9.78 Å². The van der Waals surface area contributed by atoms with Crippen LogP contribution in [0.2, 0.25) is 0 Å². The second kappa shape index (κ2) is 3.78. The number of anilines is 1. The second-order valence-electron chi connectivity index (χ2n) is 3.69. The first kappa shape index (κ1) is 10.2. The summed E-state index contributed by atoms with van der Waals surface area (Å²) in [6.07, 6.45) is 1.64. The van der Waals surface area contributed by atoms with Gasteiger partial charge in [0.15, 0.2) is 5.76 Å². The lowest BCUT2D eigenvalue weighted by molar-refractivity contribution is 0.578. The van der Waals surface area contributed by atoms with Gasteiger partial charge in [0.25, 0.3) is 0 Å². The zero-order valence-corrected chi connectivity index (χ0v) is 10.1. The summed E-state index contributed by atoms with van der Waals surface area (Å²) < 4.78 is 7.07. The third-order valence-corrected chi connectivity index (χ3v) is 3.50. The third kappa shape index (κ3) is 1.55. The van der Waals surface area contributed by atoms with Gasteiger partial charge in [-0.05, 0) is 23.6 Å². The summed E-state index contributed by atoms with van der Waals surface area (Å²) in [5, 5.41) is 6.43. The van der Waals surface area contributed by atoms with Crippen LogP contribution in [0.15, 0.2) is 40.3 Å². The maximum atomic E-state index is 6.07. The van der Waals surface area contributed by atoms with E-state index >= 15 is 0 Å². The predicted octanol–water partition coefficient (Wildman–Crippen LogP) is 2.99. The van der Waals surface area contributed by atoms with Gasteiger partial charge in [-0.3, -0.25) is 4.68 Å². The van der Waals surface area contributed by atoms with Gasteiger partial charge in [0.2, 0.25) is 0 Å². The largest absolute Gasteiger partial charge is 0.463 e. The van der Waals surface area contributed by atoms with Gasteiger partial charge >= 0.3 is 0 Å². The minimum absolute atomic E-state index is 0.652. The molecule has 0 atom stereocenters. The average molecular weight is 245 g/mol. The zero-order chi connectivity index (χ0) is 11.8. The number of furan rings is 1. The first-order valence-electron chi connectivity index (χ1n) is 5.17. The molecule has 3 heterocycles. The van der Waals surface area contributed by atoms with Crippen LogP contribution in [0.1, 0.15) is 0 Å². The highest BCUT2D eigenvalue weighted by Crippen LogP contribution is 2.38. The van der Waals surface area contributed by atoms with Crippen LogP contribution in [0.4, 0.5) is 5.82 Å². The van der Waals surface area contributed by atoms with Gasteiger partial charge in [-0.25, -0.2) is 0 Å². The Labute approximate surface area is 102 Å². The number of thiophene rings is 1. The number of nitrogen functional groups attached to an aromatic ring is 1. The molecule has 0 spiro atoms. The second-order valence-corrected chi connectivity index (χ2v) is 4.63. The molecule has 0 aromatic carbocycles. The molecule has 17 heavy (non-hydrogen) atoms. The molecule has 5 heteroatoms. The molecule has 0 aliphatic rings. The molecule has 0 aliphatic carbocycles. The van der Waals surface area contributed by atoms with Crippen LogP contribution in [0.3, 0.4) is 0 Å². The minimum atomic E-state index is 0.652. The first-order chi connectivity index (χ1) is 8.27. The van der Waals surface area contributed by atoms with Gasteiger partial charge < -0.3 is 10.2 Å². The van der Waals surface area contributed by atoms with Crippen LogP contribution < -0.4 is 5.73 Å². The maximum absolute atomic E-state index is 6.07. The van der Waals surface area contributed by atoms with E-state index in [0.717, 1.165) is 21.9 Å². The highest BCUT2D eigenvalue weighted by molar-refractivity contribution is 7.13. The van der Waals surface area contributed by atoms with Crippen molar-refractivity contribution in [3.8, 4) is 21.9 Å². The normalized spacial score (nSPS) is 10.9. The van der Waals surface area contributed by atoms with Gasteiger partial charge in [0, 0.05) is 11.9 Å². The van der Waals surface area contributed by atoms with E-state index in [4.69, 9.17) is 10.2 Å². The highest BCUT2D eigenvalue weighted by atomic mass is 32.1. The molecule has 2 N–H and O–H groups in total. The lowest BCUT2D eigenvalue weighted by atomic mass is 10.1. The van der Waals surface area contributed by atoms with Crippen molar-refractivity contribution in [1.29, 1.82) is 0 Å². The van der Waals surface area contributed by atoms with E-state index in [1.165, 1.54) is 0 Å². The monoisotopic (exact) mass is 245 g/mol. The fourth-order valence-corrected chi connectivity index (χ4v) is 2.57. The molecule has 0 bridgehead atoms. The fraction of sp³-hybridized carbons (Fsp3) is 0.0833. The number of rotatable bonds is 2. The van der Waals surface area contributed by atoms with Gasteiger partial charge in [0.1, 0.15) is 11.5 Å². The van der Waals surface area contributed by atoms with Gasteiger partial charge in [-0.1, -0.05) is 6.07 Å². The zero-order valence-electron chi connectivity index (χ0n) is 9.25. The molecule has 86 valence electrons. The van der Waals surface area contributed by atoms with Crippen molar-refractivity contribution in [2.75, 3.05) is 5.73 Å². The first-order valence-corrected chi connectivity index (χ1v) is 6.05. The fourth-order valence-electron chi connectivity index (χ4n) is 1.79. The number of nitrogens with two attached hydrogens (primary N) is 1. The number of nitrogens with zero attached hydrogens (tertiary/aromatic N) is 2. The van der Waals surface area contributed by atoms with E-state index < -0.39 is 0 Å². The van der Waals surface area contributed by atoms with Crippen molar-refractivity contribution >= 4 is 17.2 Å². The Morgan fingerprint density at radius 3 is 2.88 bits per heavy atom. The molecule has 0 amide bonds. The molecule has 0 fully saturated rings. The quantitative estimate of drug-likeness (QED) is 0.755. The van der Waals surface area contributed by atoms with Crippen LogP contribution in [-0.2, 0) is 7.05 Å². The van der Waals surface area contributed by atoms with E-state index in [2.05, 4.69) is 5.10 Å². The summed E-state index contributed by atoms with van der Waals surface area (Å²) in [6, 6.07) is 7.76. The molecular weight excluding hydrogens is 234 g/mol. The predicted molar refractivity (Wildman–Crippen MR) is 68.6 cm³/mol. The number of aryl methyl sites for hydroxylation is 1. The lowest BCUT2D eigenvalue weighted by Gasteiger charge is -1.98. The number of hydrogen-bond acceptors (Lipinski definition) is 4. The highest BCUT2D eigenvalue weighted by Gasteiger charge is 2.19. The molecule has 4 nitrogen and oxygen atoms in total. The van der Waals surface area contributed by atoms with Crippen molar-refractivity contribution in [2.45, 2.75) is 0 Å². The Morgan fingerprint density at radius 2 is 2.24 bits per heavy atom. The summed E-state index contributed by atoms with van der Waals surface area (Å²) in [6.45, 7) is 0. The maximum Gasteiger partial charge on any atom is 0.154 e. The average Bonchev–Trinajstić information content (AvgIpc) is 3.01. The molecule has 3 aromatic rings. The minimum Gasteiger partial charge on any atom is -0.463 e. The Morgan fingerprint density at radius 1 is 1.35 bits per heavy atom. The Balaban J connectivity index is 2.26. The van der Waals surface area contributed by atoms with Gasteiger partial charge in [-0.2, -0.15) is 5.10 Å². The number of hydrogen-bond donors (Lipinski definition) is 1. The molecule has 0 unspecified atom stereocenters. The van der Waals surface area contributed by atoms with E-state index in [0.29, 0.717) is 5.82 Å². The lowest BCUT2D eigenvalue weighted by Crippen LogP contribution is -1.97. The summed E-state index contributed by atoms with van der Waals surface area (Å²) in [5.41, 5.74) is 7.80. The molecule has 0 radical (unpaired) electrons. The van der Waals surface area contributed by atoms with Crippen molar-refractivity contribution in [1.82, 2.24) is 9.78 Å². The van der Waals surface area contributed by atoms with E-state index in [1.807, 2.05) is 36.7 Å². The Kier molecular flexibility index (Phi) is 2.26. The van der Waals surface area contributed by atoms with E-state index in [-0.39, 0.29) is 0 Å². The van der Waals surface area contributed by atoms with Gasteiger partial charge in [0.05, 0.1) is 11.8 Å². The molecule has 3 rings (SSSR count). The van der Waals surface area contributed by atoms with Crippen LogP contribution in [0, 0.1) is 0 Å². The summed E-state index contributed by atoms with van der Waals surface area (Å²) >= 11 is 1.64. The summed E-state index contributed by atoms with van der Waals surface area (Å²) in [5.74, 6) is 1.39.